The summed E-state index contributed by atoms with van der Waals surface area (Å²) in [6.45, 7) is 11.0. The number of allylic oxidation sites excluding steroid dienone is 2. The molecule has 0 aromatic carbocycles. The first-order valence-electron chi connectivity index (χ1n) is 12.8. The molecule has 3 heteroatoms. The van der Waals surface area contributed by atoms with Crippen LogP contribution in [0.4, 0.5) is 0 Å². The van der Waals surface area contributed by atoms with Crippen molar-refractivity contribution >= 4 is 0 Å². The zero-order chi connectivity index (χ0) is 20.8. The van der Waals surface area contributed by atoms with E-state index >= 15 is 0 Å². The van der Waals surface area contributed by atoms with Gasteiger partial charge in [0.15, 0.2) is 0 Å². The molecule has 30 heavy (non-hydrogen) atoms. The maximum absolute atomic E-state index is 10.3. The molecule has 11 atom stereocenters. The van der Waals surface area contributed by atoms with Gasteiger partial charge >= 0.3 is 0 Å². The molecule has 3 nitrogen and oxygen atoms in total. The van der Waals surface area contributed by atoms with Gasteiger partial charge in [-0.25, -0.2) is 0 Å². The maximum atomic E-state index is 10.3. The number of hydrogen-bond acceptors (Lipinski definition) is 3. The first-order valence-corrected chi connectivity index (χ1v) is 12.8. The van der Waals surface area contributed by atoms with Gasteiger partial charge in [0, 0.05) is 12.0 Å². The van der Waals surface area contributed by atoms with Crippen LogP contribution in [0.25, 0.3) is 0 Å². The molecule has 2 saturated heterocycles. The van der Waals surface area contributed by atoms with Crippen molar-refractivity contribution in [1.82, 2.24) is 5.32 Å². The van der Waals surface area contributed by atoms with E-state index in [4.69, 9.17) is 4.74 Å². The topological polar surface area (TPSA) is 41.5 Å². The van der Waals surface area contributed by atoms with Crippen molar-refractivity contribution in [2.45, 2.75) is 97.0 Å². The van der Waals surface area contributed by atoms with Gasteiger partial charge in [0.25, 0.3) is 0 Å². The smallest absolute Gasteiger partial charge is 0.0737 e. The van der Waals surface area contributed by atoms with E-state index in [0.717, 1.165) is 43.1 Å². The number of aliphatic hydroxyl groups is 1. The summed E-state index contributed by atoms with van der Waals surface area (Å²) in [5.41, 5.74) is 5.39. The zero-order valence-corrected chi connectivity index (χ0v) is 19.4. The van der Waals surface area contributed by atoms with Gasteiger partial charge in [0.2, 0.25) is 0 Å². The Hall–Kier alpha value is -0.640. The maximum Gasteiger partial charge on any atom is 0.0737 e. The van der Waals surface area contributed by atoms with Crippen molar-refractivity contribution in [3.8, 4) is 0 Å². The fraction of sp³-hybridized carbons (Fsp3) is 0.852. The van der Waals surface area contributed by atoms with E-state index in [1.54, 1.807) is 11.1 Å². The molecule has 6 aliphatic rings. The zero-order valence-electron chi connectivity index (χ0n) is 19.4. The third-order valence-corrected chi connectivity index (χ3v) is 10.7. The lowest BCUT2D eigenvalue weighted by Crippen LogP contribution is -2.61. The van der Waals surface area contributed by atoms with Crippen LogP contribution in [0.15, 0.2) is 22.8 Å². The summed E-state index contributed by atoms with van der Waals surface area (Å²) >= 11 is 0. The minimum Gasteiger partial charge on any atom is -0.393 e. The quantitative estimate of drug-likeness (QED) is 0.560. The normalized spacial score (nSPS) is 55.0. The van der Waals surface area contributed by atoms with Crippen LogP contribution in [0.5, 0.6) is 0 Å². The first-order chi connectivity index (χ1) is 14.4. The highest BCUT2D eigenvalue weighted by atomic mass is 16.5. The number of aliphatic hydroxyl groups excluding tert-OH is 1. The van der Waals surface area contributed by atoms with Crippen molar-refractivity contribution in [2.24, 2.45) is 40.9 Å². The summed E-state index contributed by atoms with van der Waals surface area (Å²) in [5.74, 6) is 4.30. The van der Waals surface area contributed by atoms with Crippen LogP contribution in [0.2, 0.25) is 0 Å². The molecular formula is C27H41NO2. The Labute approximate surface area is 182 Å². The highest BCUT2D eigenvalue weighted by molar-refractivity contribution is 5.35. The van der Waals surface area contributed by atoms with Crippen LogP contribution in [0.1, 0.15) is 72.6 Å². The Kier molecular flexibility index (Phi) is 4.62. The van der Waals surface area contributed by atoms with Gasteiger partial charge in [-0.2, -0.15) is 0 Å². The number of rotatable bonds is 0. The predicted molar refractivity (Wildman–Crippen MR) is 120 cm³/mol. The van der Waals surface area contributed by atoms with Crippen molar-refractivity contribution in [1.29, 1.82) is 0 Å². The Bertz CT molecular complexity index is 786. The molecule has 2 saturated carbocycles. The van der Waals surface area contributed by atoms with E-state index < -0.39 is 0 Å². The summed E-state index contributed by atoms with van der Waals surface area (Å²) in [5, 5.41) is 14.1. The van der Waals surface area contributed by atoms with Gasteiger partial charge in [-0.3, -0.25) is 0 Å². The van der Waals surface area contributed by atoms with E-state index in [1.165, 1.54) is 32.1 Å². The Morgan fingerprint density at radius 1 is 1.17 bits per heavy atom. The number of hydrogen-bond donors (Lipinski definition) is 2. The molecule has 2 heterocycles. The highest BCUT2D eigenvalue weighted by Gasteiger charge is 2.57. The Morgan fingerprint density at radius 3 is 2.83 bits per heavy atom. The second-order valence-corrected chi connectivity index (χ2v) is 12.2. The molecule has 0 bridgehead atoms. The summed E-state index contributed by atoms with van der Waals surface area (Å²) in [4.78, 5) is 0. The summed E-state index contributed by atoms with van der Waals surface area (Å²) in [6, 6.07) is 0.531. The van der Waals surface area contributed by atoms with Crippen LogP contribution in [0.3, 0.4) is 0 Å². The molecule has 0 aromatic rings. The lowest BCUT2D eigenvalue weighted by Gasteiger charge is -2.53. The third-order valence-electron chi connectivity index (χ3n) is 10.7. The first kappa shape index (κ1) is 20.0. The van der Waals surface area contributed by atoms with Gasteiger partial charge in [-0.05, 0) is 93.4 Å². The molecule has 0 spiro atoms. The molecule has 0 amide bonds. The van der Waals surface area contributed by atoms with E-state index in [9.17, 15) is 5.11 Å². The standard InChI is InChI=1S/C27H41NO2/c1-14-9-24-26(28-13-14)16(3)25-15(2)20-11-22-19(21(20)12-23(25)30-24)6-5-17-10-18(29)7-8-27(17,22)4/h5,14,16,18-19,21-26,28-29H,6-13H2,1-4H3/t14?,16?,18?,19?,21?,22?,23?,24?,25?,26?,27-/m0/s1. The number of ether oxygens (including phenoxy) is 1. The monoisotopic (exact) mass is 411 g/mol. The number of fused-ring (bicyclic) bond motifs is 7. The van der Waals surface area contributed by atoms with Gasteiger partial charge in [0.05, 0.1) is 18.3 Å². The molecule has 0 aromatic heterocycles. The lowest BCUT2D eigenvalue weighted by atomic mass is 9.56. The van der Waals surface area contributed by atoms with E-state index in [-0.39, 0.29) is 6.10 Å². The Morgan fingerprint density at radius 2 is 2.00 bits per heavy atom. The second kappa shape index (κ2) is 6.93. The average molecular weight is 412 g/mol. The lowest BCUT2D eigenvalue weighted by molar-refractivity contribution is -0.143. The van der Waals surface area contributed by atoms with Crippen LogP contribution < -0.4 is 5.32 Å². The molecule has 2 aliphatic heterocycles. The molecule has 4 fully saturated rings. The second-order valence-electron chi connectivity index (χ2n) is 12.2. The van der Waals surface area contributed by atoms with E-state index in [1.807, 2.05) is 5.57 Å². The van der Waals surface area contributed by atoms with Gasteiger partial charge < -0.3 is 15.2 Å². The van der Waals surface area contributed by atoms with Crippen LogP contribution in [-0.4, -0.2) is 36.0 Å². The van der Waals surface area contributed by atoms with Crippen molar-refractivity contribution < 1.29 is 9.84 Å². The largest absolute Gasteiger partial charge is 0.393 e. The summed E-state index contributed by atoms with van der Waals surface area (Å²) in [6.07, 6.45) is 11.3. The minimum atomic E-state index is -0.110. The molecule has 166 valence electrons. The van der Waals surface area contributed by atoms with Crippen LogP contribution in [-0.2, 0) is 4.74 Å². The molecule has 0 radical (unpaired) electrons. The van der Waals surface area contributed by atoms with Gasteiger partial charge in [-0.15, -0.1) is 0 Å². The van der Waals surface area contributed by atoms with Crippen LogP contribution in [0, 0.1) is 40.9 Å². The highest BCUT2D eigenvalue weighted by Crippen LogP contribution is 2.64. The minimum absolute atomic E-state index is 0.110. The predicted octanol–water partition coefficient (Wildman–Crippen LogP) is 4.86. The van der Waals surface area contributed by atoms with E-state index in [0.29, 0.717) is 35.5 Å². The molecular weight excluding hydrogens is 370 g/mol. The Balaban J connectivity index is 1.32. The molecule has 2 N–H and O–H groups in total. The third kappa shape index (κ3) is 2.74. The summed E-state index contributed by atoms with van der Waals surface area (Å²) < 4.78 is 6.89. The average Bonchev–Trinajstić information content (AvgIpc) is 3.09. The van der Waals surface area contributed by atoms with Gasteiger partial charge in [0.1, 0.15) is 0 Å². The van der Waals surface area contributed by atoms with E-state index in [2.05, 4.69) is 39.1 Å². The van der Waals surface area contributed by atoms with Crippen LogP contribution >= 0.6 is 0 Å². The number of piperidine rings is 1. The fourth-order valence-electron chi connectivity index (χ4n) is 9.08. The van der Waals surface area contributed by atoms with Crippen molar-refractivity contribution in [2.75, 3.05) is 6.54 Å². The molecule has 4 aliphatic carbocycles. The van der Waals surface area contributed by atoms with Crippen molar-refractivity contribution in [3.05, 3.63) is 22.8 Å². The SMILES string of the molecule is CC1=C2CC3C(CC=C4CC(O)CC[C@@]43C)C2CC2OC3CC(C)CNC3C(C)C12. The van der Waals surface area contributed by atoms with Gasteiger partial charge in [-0.1, -0.05) is 43.6 Å². The molecule has 6 rings (SSSR count). The number of nitrogens with one attached hydrogen (secondary N) is 1. The van der Waals surface area contributed by atoms with Crippen molar-refractivity contribution in [3.63, 3.8) is 0 Å². The summed E-state index contributed by atoms with van der Waals surface area (Å²) in [7, 11) is 0. The fourth-order valence-corrected chi connectivity index (χ4v) is 9.08. The molecule has 10 unspecified atom stereocenters.